The summed E-state index contributed by atoms with van der Waals surface area (Å²) >= 11 is 0. The van der Waals surface area contributed by atoms with Gasteiger partial charge in [0.25, 0.3) is 0 Å². The molecule has 11 rings (SSSR count). The van der Waals surface area contributed by atoms with Crippen LogP contribution in [-0.2, 0) is 0 Å². The van der Waals surface area contributed by atoms with Gasteiger partial charge in [-0.3, -0.25) is 0 Å². The van der Waals surface area contributed by atoms with Gasteiger partial charge in [0, 0.05) is 43.8 Å². The summed E-state index contributed by atoms with van der Waals surface area (Å²) in [5, 5.41) is 8.02. The van der Waals surface area contributed by atoms with Crippen molar-refractivity contribution in [3.8, 4) is 16.8 Å². The first-order valence-electron chi connectivity index (χ1n) is 13.7. The monoisotopic (exact) mass is 504 g/mol. The Morgan fingerprint density at radius 1 is 0.625 bits per heavy atom. The summed E-state index contributed by atoms with van der Waals surface area (Å²) in [4.78, 5) is 0. The quantitative estimate of drug-likeness (QED) is 0.265. The maximum atomic E-state index is 6.56. The van der Waals surface area contributed by atoms with Gasteiger partial charge in [0.1, 0.15) is 10.9 Å². The van der Waals surface area contributed by atoms with Crippen molar-refractivity contribution in [2.45, 2.75) is 0 Å². The average Bonchev–Trinajstić information content (AvgIpc) is 3.67. The zero-order valence-corrected chi connectivity index (χ0v) is 21.2. The van der Waals surface area contributed by atoms with Gasteiger partial charge in [-0.2, -0.15) is 0 Å². The largest absolute Gasteiger partial charge is 0.455 e. The first-order chi connectivity index (χ1) is 19.9. The summed E-state index contributed by atoms with van der Waals surface area (Å²) in [7, 11) is 0. The van der Waals surface area contributed by atoms with E-state index in [4.69, 9.17) is 4.42 Å². The van der Waals surface area contributed by atoms with Gasteiger partial charge >= 0.3 is 6.85 Å². The number of rotatable bonds is 0. The summed E-state index contributed by atoms with van der Waals surface area (Å²) in [5.74, 6) is 0. The number of nitrogens with zero attached hydrogens (tertiary/aromatic N) is 2. The van der Waals surface area contributed by atoms with Crippen LogP contribution in [0, 0.1) is 10.6 Å². The minimum atomic E-state index is 0.0687. The molecule has 4 heteroatoms. The lowest BCUT2D eigenvalue weighted by Crippen LogP contribution is -2.55. The van der Waals surface area contributed by atoms with Crippen molar-refractivity contribution in [2.24, 2.45) is 0 Å². The number of para-hydroxylation sites is 4. The van der Waals surface area contributed by atoms with Gasteiger partial charge in [0.05, 0.1) is 16.0 Å². The predicted molar refractivity (Wildman–Crippen MR) is 162 cm³/mol. The third-order valence-corrected chi connectivity index (χ3v) is 9.32. The van der Waals surface area contributed by atoms with Crippen molar-refractivity contribution >= 4 is 72.9 Å². The Morgan fingerprint density at radius 3 is 2.42 bits per heavy atom. The minimum absolute atomic E-state index is 0.0687. The van der Waals surface area contributed by atoms with E-state index in [1.165, 1.54) is 60.4 Å². The Morgan fingerprint density at radius 2 is 1.45 bits per heavy atom. The molecule has 3 aliphatic rings. The van der Waals surface area contributed by atoms with Crippen LogP contribution in [0.5, 0.6) is 0 Å². The summed E-state index contributed by atoms with van der Waals surface area (Å²) in [6.45, 7) is 0.0687. The molecule has 5 heterocycles. The van der Waals surface area contributed by atoms with Gasteiger partial charge in [-0.05, 0) is 46.5 Å². The number of hydrogen-bond donors (Lipinski definition) is 0. The van der Waals surface area contributed by atoms with Crippen LogP contribution >= 0.6 is 0 Å². The van der Waals surface area contributed by atoms with E-state index in [9.17, 15) is 0 Å². The minimum Gasteiger partial charge on any atom is -0.455 e. The molecule has 0 N–H and O–H groups in total. The summed E-state index contributed by atoms with van der Waals surface area (Å²) in [5.41, 5.74) is 19.1. The Bertz CT molecular complexity index is 2800. The highest BCUT2D eigenvalue weighted by Gasteiger charge is 2.41. The molecule has 8 aromatic rings. The molecule has 0 atom stereocenters. The van der Waals surface area contributed by atoms with E-state index in [-0.39, 0.29) is 6.85 Å². The number of hydrogen-bond acceptors (Lipinski definition) is 1. The standard InChI is InChI=1S/C36H17BN2O/c1-4-13-28-20(8-1)23-10-7-11-24-22-16-17-26-32-30(19-18-25-21-9-2-6-15-31(21)40-36(25)32)38-29-14-5-3-12-27(29)37(33(22)35(26)38)39(28)34(23)24/h1-17H. The van der Waals surface area contributed by atoms with Crippen molar-refractivity contribution in [3.05, 3.63) is 124 Å². The van der Waals surface area contributed by atoms with Crippen molar-refractivity contribution in [1.82, 2.24) is 9.05 Å². The Labute approximate surface area is 227 Å². The molecule has 5 aromatic carbocycles. The van der Waals surface area contributed by atoms with Crippen LogP contribution in [0.2, 0.25) is 0 Å². The number of benzene rings is 5. The highest BCUT2D eigenvalue weighted by Crippen LogP contribution is 2.41. The maximum absolute atomic E-state index is 6.56. The van der Waals surface area contributed by atoms with Gasteiger partial charge in [0.15, 0.2) is 5.42 Å². The second-order valence-corrected chi connectivity index (χ2v) is 11.1. The van der Waals surface area contributed by atoms with Crippen LogP contribution in [0.1, 0.15) is 0 Å². The predicted octanol–water partition coefficient (Wildman–Crippen LogP) is 5.05. The highest BCUT2D eigenvalue weighted by atomic mass is 16.3. The lowest BCUT2D eigenvalue weighted by molar-refractivity contribution is 0.578. The molecule has 0 radical (unpaired) electrons. The number of aromatic nitrogens is 2. The summed E-state index contributed by atoms with van der Waals surface area (Å²) in [6, 6.07) is 37.4. The molecular weight excluding hydrogens is 487 g/mol. The second kappa shape index (κ2) is 6.42. The van der Waals surface area contributed by atoms with Crippen molar-refractivity contribution in [1.29, 1.82) is 0 Å². The van der Waals surface area contributed by atoms with Crippen molar-refractivity contribution in [3.63, 3.8) is 0 Å². The van der Waals surface area contributed by atoms with Crippen LogP contribution in [-0.4, -0.2) is 15.9 Å². The van der Waals surface area contributed by atoms with Crippen LogP contribution in [0.15, 0.2) is 108 Å². The van der Waals surface area contributed by atoms with E-state index < -0.39 is 0 Å². The van der Waals surface area contributed by atoms with E-state index in [2.05, 4.69) is 112 Å². The maximum Gasteiger partial charge on any atom is 0.333 e. The SMILES string of the molecule is C1=C=c2c(c3ccc4c5c3n2-c2ccccc2B5n2c3ccccc3c3cccc-4c32)=c2oc3ccccc3c2=1. The van der Waals surface area contributed by atoms with E-state index in [1.807, 2.05) is 12.1 Å². The lowest BCUT2D eigenvalue weighted by Gasteiger charge is -2.33. The van der Waals surface area contributed by atoms with E-state index in [1.54, 1.807) is 0 Å². The molecule has 40 heavy (non-hydrogen) atoms. The molecule has 180 valence electrons. The Kier molecular flexibility index (Phi) is 3.15. The van der Waals surface area contributed by atoms with Crippen LogP contribution in [0.4, 0.5) is 0 Å². The Hall–Kier alpha value is -5.40. The van der Waals surface area contributed by atoms with E-state index in [0.717, 1.165) is 32.2 Å². The molecule has 0 fully saturated rings. The van der Waals surface area contributed by atoms with Crippen LogP contribution in [0.25, 0.3) is 72.0 Å². The number of fused-ring (bicyclic) bond motifs is 14. The molecule has 2 aliphatic heterocycles. The van der Waals surface area contributed by atoms with Crippen LogP contribution in [0.3, 0.4) is 0 Å². The van der Waals surface area contributed by atoms with E-state index in [0.29, 0.717) is 0 Å². The van der Waals surface area contributed by atoms with Gasteiger partial charge in [0.2, 0.25) is 0 Å². The molecule has 0 amide bonds. The smallest absolute Gasteiger partial charge is 0.333 e. The van der Waals surface area contributed by atoms with Gasteiger partial charge in [-0.25, -0.2) is 0 Å². The molecule has 0 spiro atoms. The lowest BCUT2D eigenvalue weighted by atomic mass is 9.45. The van der Waals surface area contributed by atoms with Gasteiger partial charge in [-0.1, -0.05) is 84.6 Å². The molecule has 3 nitrogen and oxygen atoms in total. The fourth-order valence-electron chi connectivity index (χ4n) is 7.85. The normalized spacial score (nSPS) is 13.4. The first-order valence-corrected chi connectivity index (χ1v) is 13.7. The molecule has 0 unspecified atom stereocenters. The second-order valence-electron chi connectivity index (χ2n) is 11.1. The molecule has 1 aliphatic carbocycles. The third kappa shape index (κ3) is 2.00. The average molecular weight is 504 g/mol. The van der Waals surface area contributed by atoms with Crippen LogP contribution < -0.4 is 21.5 Å². The fourth-order valence-corrected chi connectivity index (χ4v) is 7.85. The zero-order valence-electron chi connectivity index (χ0n) is 21.2. The summed E-state index contributed by atoms with van der Waals surface area (Å²) in [6.07, 6.45) is 0. The summed E-state index contributed by atoms with van der Waals surface area (Å²) < 4.78 is 11.6. The number of furan rings is 1. The van der Waals surface area contributed by atoms with Crippen molar-refractivity contribution in [2.75, 3.05) is 0 Å². The molecule has 0 bridgehead atoms. The van der Waals surface area contributed by atoms with Gasteiger partial charge in [-0.15, -0.1) is 0 Å². The first kappa shape index (κ1) is 19.6. The fraction of sp³-hybridized carbons (Fsp3) is 0. The van der Waals surface area contributed by atoms with Crippen molar-refractivity contribution < 1.29 is 4.42 Å². The molecule has 0 saturated heterocycles. The topological polar surface area (TPSA) is 23.0 Å². The molecular formula is C36H17BN2O. The Balaban J connectivity index is 1.46. The highest BCUT2D eigenvalue weighted by molar-refractivity contribution is 6.90. The van der Waals surface area contributed by atoms with E-state index >= 15 is 0 Å². The zero-order chi connectivity index (χ0) is 25.7. The third-order valence-electron chi connectivity index (χ3n) is 9.32. The molecule has 3 aromatic heterocycles. The molecule has 0 saturated carbocycles. The van der Waals surface area contributed by atoms with Gasteiger partial charge < -0.3 is 13.5 Å².